The van der Waals surface area contributed by atoms with E-state index in [1.165, 1.54) is 10.5 Å². The number of hydrogen-bond donors (Lipinski definition) is 2. The molecule has 2 aromatic carbocycles. The Morgan fingerprint density at radius 3 is 2.47 bits per heavy atom. The number of nitrogens with one attached hydrogen (secondary N) is 2. The van der Waals surface area contributed by atoms with Gasteiger partial charge in [0.1, 0.15) is 12.0 Å². The number of guanidine groups is 1. The van der Waals surface area contributed by atoms with Crippen LogP contribution in [0.25, 0.3) is 11.5 Å². The lowest BCUT2D eigenvalue weighted by molar-refractivity contribution is -0.127. The van der Waals surface area contributed by atoms with E-state index in [1.54, 1.807) is 20.4 Å². The molecular formula is C24H30IN5O2. The van der Waals surface area contributed by atoms with E-state index in [1.807, 2.05) is 68.4 Å². The molecule has 7 nitrogen and oxygen atoms in total. The van der Waals surface area contributed by atoms with Crippen molar-refractivity contribution in [3.8, 4) is 11.5 Å². The summed E-state index contributed by atoms with van der Waals surface area (Å²) in [5.74, 6) is 1.06. The van der Waals surface area contributed by atoms with Crippen LogP contribution in [0.1, 0.15) is 29.8 Å². The Morgan fingerprint density at radius 1 is 1.12 bits per heavy atom. The third-order valence-corrected chi connectivity index (χ3v) is 4.81. The number of aliphatic imine (C=N–C) groups is 1. The molecule has 32 heavy (non-hydrogen) atoms. The second-order valence-corrected chi connectivity index (χ2v) is 7.59. The number of likely N-dealkylation sites (N-methyl/N-ethyl adjacent to an activating group) is 1. The third kappa shape index (κ3) is 7.37. The molecule has 1 atom stereocenters. The van der Waals surface area contributed by atoms with Gasteiger partial charge < -0.3 is 20.0 Å². The minimum Gasteiger partial charge on any atom is -0.444 e. The average Bonchev–Trinajstić information content (AvgIpc) is 3.25. The highest BCUT2D eigenvalue weighted by molar-refractivity contribution is 14.0. The highest BCUT2D eigenvalue weighted by atomic mass is 127. The van der Waals surface area contributed by atoms with E-state index in [0.29, 0.717) is 24.1 Å². The van der Waals surface area contributed by atoms with Crippen molar-refractivity contribution in [3.05, 3.63) is 77.7 Å². The number of benzene rings is 2. The number of aromatic nitrogens is 1. The average molecular weight is 547 g/mol. The van der Waals surface area contributed by atoms with Gasteiger partial charge >= 0.3 is 0 Å². The van der Waals surface area contributed by atoms with Gasteiger partial charge in [0.05, 0.1) is 19.1 Å². The smallest absolute Gasteiger partial charge is 0.241 e. The standard InChI is InChI=1S/C24H29N5O2.HI/c1-17-10-12-20(13-11-17)23-28-21(16-31-23)14-25-24(26-15-22(30)29(3)4)27-18(2)19-8-6-5-7-9-19;/h5-13,16,18H,14-15H2,1-4H3,(H2,25,26,27);1H. The van der Waals surface area contributed by atoms with Gasteiger partial charge in [0.2, 0.25) is 11.8 Å². The first-order valence-corrected chi connectivity index (χ1v) is 10.2. The van der Waals surface area contributed by atoms with Gasteiger partial charge in [-0.2, -0.15) is 0 Å². The quantitative estimate of drug-likeness (QED) is 0.264. The summed E-state index contributed by atoms with van der Waals surface area (Å²) in [5, 5.41) is 6.46. The number of carbonyl (C=O) groups excluding carboxylic acids is 1. The van der Waals surface area contributed by atoms with Crippen molar-refractivity contribution in [2.75, 3.05) is 20.6 Å². The first-order chi connectivity index (χ1) is 14.9. The summed E-state index contributed by atoms with van der Waals surface area (Å²) in [6, 6.07) is 18.1. The van der Waals surface area contributed by atoms with Gasteiger partial charge in [0, 0.05) is 19.7 Å². The molecule has 1 aromatic heterocycles. The fourth-order valence-electron chi connectivity index (χ4n) is 2.87. The maximum absolute atomic E-state index is 12.0. The molecule has 2 N–H and O–H groups in total. The molecule has 0 saturated carbocycles. The molecule has 170 valence electrons. The molecule has 1 amide bonds. The summed E-state index contributed by atoms with van der Waals surface area (Å²) in [4.78, 5) is 22.7. The summed E-state index contributed by atoms with van der Waals surface area (Å²) in [6.45, 7) is 4.56. The zero-order valence-electron chi connectivity index (χ0n) is 18.8. The van der Waals surface area contributed by atoms with Crippen molar-refractivity contribution in [1.29, 1.82) is 0 Å². The van der Waals surface area contributed by atoms with Crippen LogP contribution in [0.2, 0.25) is 0 Å². The molecule has 0 fully saturated rings. The minimum atomic E-state index is -0.0371. The van der Waals surface area contributed by atoms with Gasteiger partial charge in [-0.05, 0) is 31.5 Å². The van der Waals surface area contributed by atoms with Gasteiger partial charge in [0.25, 0.3) is 0 Å². The highest BCUT2D eigenvalue weighted by Gasteiger charge is 2.11. The maximum Gasteiger partial charge on any atom is 0.241 e. The molecule has 0 spiro atoms. The molecule has 1 unspecified atom stereocenters. The van der Waals surface area contributed by atoms with Crippen molar-refractivity contribution in [1.82, 2.24) is 20.5 Å². The van der Waals surface area contributed by atoms with Crippen LogP contribution in [0, 0.1) is 6.92 Å². The number of hydrogen-bond acceptors (Lipinski definition) is 4. The highest BCUT2D eigenvalue weighted by Crippen LogP contribution is 2.19. The molecule has 0 aliphatic heterocycles. The SMILES string of the molecule is Cc1ccc(-c2nc(CN=C(NCC(=O)N(C)C)NC(C)c3ccccc3)co2)cc1.I. The number of aryl methyl sites for hydroxylation is 1. The molecule has 0 saturated heterocycles. The largest absolute Gasteiger partial charge is 0.444 e. The third-order valence-electron chi connectivity index (χ3n) is 4.81. The van der Waals surface area contributed by atoms with E-state index in [-0.39, 0.29) is 42.5 Å². The van der Waals surface area contributed by atoms with Gasteiger partial charge in [-0.1, -0.05) is 48.0 Å². The minimum absolute atomic E-state index is 0. The Labute approximate surface area is 206 Å². The normalized spacial score (nSPS) is 11.9. The predicted molar refractivity (Wildman–Crippen MR) is 138 cm³/mol. The van der Waals surface area contributed by atoms with Crippen molar-refractivity contribution in [2.24, 2.45) is 4.99 Å². The Kier molecular flexibility index (Phi) is 9.70. The van der Waals surface area contributed by atoms with Crippen molar-refractivity contribution < 1.29 is 9.21 Å². The number of amides is 1. The van der Waals surface area contributed by atoms with E-state index in [2.05, 4.69) is 20.6 Å². The van der Waals surface area contributed by atoms with Crippen molar-refractivity contribution in [3.63, 3.8) is 0 Å². The first kappa shape index (κ1) is 25.4. The van der Waals surface area contributed by atoms with Crippen LogP contribution in [-0.4, -0.2) is 42.4 Å². The van der Waals surface area contributed by atoms with Crippen molar-refractivity contribution >= 4 is 35.8 Å². The molecule has 0 bridgehead atoms. The Bertz CT molecular complexity index is 1020. The molecule has 3 aromatic rings. The maximum atomic E-state index is 12.0. The number of oxazole rings is 1. The van der Waals surface area contributed by atoms with Crippen molar-refractivity contribution in [2.45, 2.75) is 26.4 Å². The summed E-state index contributed by atoms with van der Waals surface area (Å²) in [5.41, 5.74) is 3.94. The number of halogens is 1. The molecule has 0 aliphatic carbocycles. The summed E-state index contributed by atoms with van der Waals surface area (Å²) in [6.07, 6.45) is 1.61. The topological polar surface area (TPSA) is 82.8 Å². The lowest BCUT2D eigenvalue weighted by atomic mass is 10.1. The monoisotopic (exact) mass is 547 g/mol. The predicted octanol–water partition coefficient (Wildman–Crippen LogP) is 4.15. The van der Waals surface area contributed by atoms with Crippen LogP contribution >= 0.6 is 24.0 Å². The van der Waals surface area contributed by atoms with E-state index < -0.39 is 0 Å². The van der Waals surface area contributed by atoms with Crippen LogP contribution in [0.15, 0.2) is 70.3 Å². The lowest BCUT2D eigenvalue weighted by Gasteiger charge is -2.19. The fraction of sp³-hybridized carbons (Fsp3) is 0.292. The molecule has 8 heteroatoms. The summed E-state index contributed by atoms with van der Waals surface area (Å²) in [7, 11) is 3.45. The summed E-state index contributed by atoms with van der Waals surface area (Å²) < 4.78 is 5.62. The Morgan fingerprint density at radius 2 is 1.81 bits per heavy atom. The van der Waals surface area contributed by atoms with Crippen LogP contribution in [0.5, 0.6) is 0 Å². The van der Waals surface area contributed by atoms with Crippen LogP contribution in [-0.2, 0) is 11.3 Å². The van der Waals surface area contributed by atoms with E-state index >= 15 is 0 Å². The van der Waals surface area contributed by atoms with Crippen LogP contribution in [0.3, 0.4) is 0 Å². The second-order valence-electron chi connectivity index (χ2n) is 7.59. The van der Waals surface area contributed by atoms with Crippen LogP contribution in [0.4, 0.5) is 0 Å². The number of nitrogens with zero attached hydrogens (tertiary/aromatic N) is 3. The van der Waals surface area contributed by atoms with Gasteiger partial charge in [0.15, 0.2) is 5.96 Å². The van der Waals surface area contributed by atoms with Gasteiger partial charge in [-0.15, -0.1) is 24.0 Å². The number of rotatable bonds is 7. The van der Waals surface area contributed by atoms with E-state index in [4.69, 9.17) is 4.42 Å². The fourth-order valence-corrected chi connectivity index (χ4v) is 2.87. The molecule has 1 heterocycles. The van der Waals surface area contributed by atoms with E-state index in [0.717, 1.165) is 11.1 Å². The van der Waals surface area contributed by atoms with E-state index in [9.17, 15) is 4.79 Å². The van der Waals surface area contributed by atoms with Gasteiger partial charge in [-0.3, -0.25) is 4.79 Å². The zero-order chi connectivity index (χ0) is 22.2. The number of carbonyl (C=O) groups is 1. The van der Waals surface area contributed by atoms with Crippen LogP contribution < -0.4 is 10.6 Å². The van der Waals surface area contributed by atoms with Gasteiger partial charge in [-0.25, -0.2) is 9.98 Å². The molecule has 0 radical (unpaired) electrons. The molecule has 0 aliphatic rings. The Hall–Kier alpha value is -2.88. The molecular weight excluding hydrogens is 517 g/mol. The lowest BCUT2D eigenvalue weighted by Crippen LogP contribution is -2.43. The zero-order valence-corrected chi connectivity index (χ0v) is 21.2. The second kappa shape index (κ2) is 12.2. The molecule has 3 rings (SSSR count). The first-order valence-electron chi connectivity index (χ1n) is 10.2. The Balaban J connectivity index is 0.00000363. The summed E-state index contributed by atoms with van der Waals surface area (Å²) >= 11 is 0.